The number of anilines is 1. The van der Waals surface area contributed by atoms with Gasteiger partial charge < -0.3 is 21.5 Å². The molecular weight excluding hydrogens is 348 g/mol. The third-order valence-corrected chi connectivity index (χ3v) is 5.50. The van der Waals surface area contributed by atoms with E-state index >= 15 is 0 Å². The predicted octanol–water partition coefficient (Wildman–Crippen LogP) is 1.52. The van der Waals surface area contributed by atoms with Crippen LogP contribution < -0.4 is 16.4 Å². The number of hydrogen-bond donors (Lipinski definition) is 4. The Morgan fingerprint density at radius 1 is 1.15 bits per heavy atom. The van der Waals surface area contributed by atoms with Crippen LogP contribution in [0.15, 0.2) is 40.3 Å². The van der Waals surface area contributed by atoms with Gasteiger partial charge in [-0.2, -0.15) is 5.10 Å². The number of nitrogens with one attached hydrogen (secondary N) is 2. The molecule has 26 heavy (non-hydrogen) atoms. The molecule has 136 valence electrons. The molecule has 0 saturated carbocycles. The number of hydrogen-bond acceptors (Lipinski definition) is 7. The van der Waals surface area contributed by atoms with Crippen molar-refractivity contribution in [1.29, 1.82) is 0 Å². The molecule has 3 aromatic rings. The lowest BCUT2D eigenvalue weighted by atomic mass is 10.1. The fourth-order valence-corrected chi connectivity index (χ4v) is 4.34. The van der Waals surface area contributed by atoms with Crippen LogP contribution in [0, 0.1) is 0 Å². The summed E-state index contributed by atoms with van der Waals surface area (Å²) in [5, 5.41) is 21.6. The molecule has 1 aliphatic heterocycles. The van der Waals surface area contributed by atoms with Crippen molar-refractivity contribution in [2.75, 3.05) is 38.1 Å². The van der Waals surface area contributed by atoms with Crippen molar-refractivity contribution in [3.8, 4) is 11.4 Å². The van der Waals surface area contributed by atoms with Crippen LogP contribution in [0.2, 0.25) is 0 Å². The van der Waals surface area contributed by atoms with Crippen LogP contribution in [0.3, 0.4) is 0 Å². The summed E-state index contributed by atoms with van der Waals surface area (Å²) in [6.45, 7) is 3.53. The highest BCUT2D eigenvalue weighted by Gasteiger charge is 2.26. The lowest BCUT2D eigenvalue weighted by Gasteiger charge is -2.18. The Labute approximate surface area is 156 Å². The molecule has 1 aliphatic rings. The molecule has 7 nitrogen and oxygen atoms in total. The second kappa shape index (κ2) is 7.63. The highest BCUT2D eigenvalue weighted by atomic mass is 32.2. The van der Waals surface area contributed by atoms with Gasteiger partial charge in [-0.1, -0.05) is 11.8 Å². The second-order valence-corrected chi connectivity index (χ2v) is 7.10. The molecule has 3 heterocycles. The van der Waals surface area contributed by atoms with Crippen molar-refractivity contribution in [1.82, 2.24) is 20.1 Å². The normalized spacial score (nSPS) is 12.4. The van der Waals surface area contributed by atoms with Crippen LogP contribution in [0.5, 0.6) is 0 Å². The number of nitrogens with two attached hydrogens (primary N) is 1. The van der Waals surface area contributed by atoms with Gasteiger partial charge >= 0.3 is 0 Å². The molecule has 0 saturated heterocycles. The zero-order chi connectivity index (χ0) is 17.9. The Hall–Kier alpha value is -2.13. The van der Waals surface area contributed by atoms with Gasteiger partial charge in [-0.3, -0.25) is 9.67 Å². The largest absolute Gasteiger partial charge is 0.395 e. The molecule has 1 aromatic carbocycles. The maximum Gasteiger partial charge on any atom is 0.121 e. The van der Waals surface area contributed by atoms with Gasteiger partial charge in [-0.15, -0.1) is 0 Å². The first-order valence-corrected chi connectivity index (χ1v) is 9.57. The molecule has 0 amide bonds. The maximum absolute atomic E-state index is 8.92. The van der Waals surface area contributed by atoms with Crippen LogP contribution in [0.1, 0.15) is 0 Å². The van der Waals surface area contributed by atoms with Crippen molar-refractivity contribution in [2.24, 2.45) is 5.73 Å². The van der Waals surface area contributed by atoms with E-state index < -0.39 is 0 Å². The number of pyridine rings is 1. The van der Waals surface area contributed by atoms with E-state index in [-0.39, 0.29) is 6.61 Å². The number of aliphatic hydroxyl groups is 1. The lowest BCUT2D eigenvalue weighted by Crippen LogP contribution is -2.23. The molecule has 0 radical (unpaired) electrons. The Kier molecular flexibility index (Phi) is 5.07. The quantitative estimate of drug-likeness (QED) is 0.349. The molecular formula is C18H22N6OS. The summed E-state index contributed by atoms with van der Waals surface area (Å²) in [6.07, 6.45) is 1.81. The van der Waals surface area contributed by atoms with Crippen molar-refractivity contribution < 1.29 is 5.11 Å². The van der Waals surface area contributed by atoms with Crippen LogP contribution >= 0.6 is 11.8 Å². The van der Waals surface area contributed by atoms with E-state index in [0.29, 0.717) is 13.1 Å². The van der Waals surface area contributed by atoms with Gasteiger partial charge in [-0.05, 0) is 24.3 Å². The van der Waals surface area contributed by atoms with Crippen LogP contribution in [0.25, 0.3) is 22.3 Å². The molecule has 5 N–H and O–H groups in total. The van der Waals surface area contributed by atoms with Gasteiger partial charge in [0, 0.05) is 53.2 Å². The van der Waals surface area contributed by atoms with Crippen molar-refractivity contribution in [3.05, 3.63) is 30.5 Å². The molecule has 4 rings (SSSR count). The van der Waals surface area contributed by atoms with Gasteiger partial charge in [0.15, 0.2) is 0 Å². The standard InChI is InChI=1S/C18H22N6OS/c19-5-7-21-12-3-4-13-15-17(23-24(13)10-8-20-9-11-25)16-14(26-18(12)15)2-1-6-22-16/h1-4,6,20-21,25H,5,7-11,19H2. The third-order valence-electron chi connectivity index (χ3n) is 4.33. The zero-order valence-electron chi connectivity index (χ0n) is 14.4. The number of nitrogens with zero attached hydrogens (tertiary/aromatic N) is 3. The molecule has 0 unspecified atom stereocenters. The fourth-order valence-electron chi connectivity index (χ4n) is 3.18. The zero-order valence-corrected chi connectivity index (χ0v) is 15.2. The summed E-state index contributed by atoms with van der Waals surface area (Å²) in [4.78, 5) is 6.87. The second-order valence-electron chi connectivity index (χ2n) is 6.05. The van der Waals surface area contributed by atoms with E-state index in [4.69, 9.17) is 15.9 Å². The summed E-state index contributed by atoms with van der Waals surface area (Å²) in [5.74, 6) is 0. The monoisotopic (exact) mass is 370 g/mol. The van der Waals surface area contributed by atoms with Crippen LogP contribution in [-0.4, -0.2) is 52.7 Å². The lowest BCUT2D eigenvalue weighted by molar-refractivity contribution is 0.291. The summed E-state index contributed by atoms with van der Waals surface area (Å²) in [7, 11) is 0. The highest BCUT2D eigenvalue weighted by Crippen LogP contribution is 2.49. The summed E-state index contributed by atoms with van der Waals surface area (Å²) < 4.78 is 2.02. The van der Waals surface area contributed by atoms with E-state index in [1.54, 1.807) is 11.8 Å². The van der Waals surface area contributed by atoms with E-state index in [9.17, 15) is 0 Å². The smallest absolute Gasteiger partial charge is 0.121 e. The molecule has 0 fully saturated rings. The SMILES string of the molecule is NCCNc1ccc2c3c(nn2CCNCCO)-c2ncccc2Sc13. The Bertz CT molecular complexity index is 925. The minimum absolute atomic E-state index is 0.138. The topological polar surface area (TPSA) is 101 Å². The molecule has 0 atom stereocenters. The average Bonchev–Trinajstić information content (AvgIpc) is 3.05. The minimum atomic E-state index is 0.138. The van der Waals surface area contributed by atoms with Gasteiger partial charge in [-0.25, -0.2) is 0 Å². The van der Waals surface area contributed by atoms with Crippen molar-refractivity contribution >= 4 is 28.4 Å². The number of rotatable bonds is 8. The van der Waals surface area contributed by atoms with Crippen LogP contribution in [-0.2, 0) is 6.54 Å². The average molecular weight is 370 g/mol. The first-order valence-electron chi connectivity index (χ1n) is 8.75. The summed E-state index contributed by atoms with van der Waals surface area (Å²) in [5.41, 5.74) is 9.72. The van der Waals surface area contributed by atoms with Gasteiger partial charge in [0.2, 0.25) is 0 Å². The van der Waals surface area contributed by atoms with Crippen molar-refractivity contribution in [3.63, 3.8) is 0 Å². The van der Waals surface area contributed by atoms with E-state index in [1.807, 2.05) is 16.9 Å². The highest BCUT2D eigenvalue weighted by molar-refractivity contribution is 8.00. The van der Waals surface area contributed by atoms with Crippen molar-refractivity contribution in [2.45, 2.75) is 16.3 Å². The molecule has 0 spiro atoms. The van der Waals surface area contributed by atoms with Gasteiger partial charge in [0.05, 0.1) is 18.7 Å². The van der Waals surface area contributed by atoms with Crippen LogP contribution in [0.4, 0.5) is 5.69 Å². The maximum atomic E-state index is 8.92. The minimum Gasteiger partial charge on any atom is -0.395 e. The Morgan fingerprint density at radius 3 is 2.92 bits per heavy atom. The Morgan fingerprint density at radius 2 is 2.08 bits per heavy atom. The van der Waals surface area contributed by atoms with E-state index in [1.165, 1.54) is 4.90 Å². The van der Waals surface area contributed by atoms with Gasteiger partial charge in [0.25, 0.3) is 0 Å². The fraction of sp³-hybridized carbons (Fsp3) is 0.333. The number of aliphatic hydroxyl groups excluding tert-OH is 1. The number of aromatic nitrogens is 3. The van der Waals surface area contributed by atoms with E-state index in [0.717, 1.165) is 52.5 Å². The molecule has 2 aromatic heterocycles. The van der Waals surface area contributed by atoms with Gasteiger partial charge in [0.1, 0.15) is 11.4 Å². The third kappa shape index (κ3) is 3.05. The molecule has 8 heteroatoms. The molecule has 0 bridgehead atoms. The number of fused-ring (bicyclic) bond motifs is 2. The van der Waals surface area contributed by atoms with E-state index in [2.05, 4.69) is 33.8 Å². The molecule has 0 aliphatic carbocycles. The Balaban J connectivity index is 1.80. The number of benzene rings is 1. The summed E-state index contributed by atoms with van der Waals surface area (Å²) >= 11 is 1.73. The first-order chi connectivity index (χ1) is 12.8. The predicted molar refractivity (Wildman–Crippen MR) is 105 cm³/mol. The first kappa shape index (κ1) is 17.3. The summed E-state index contributed by atoms with van der Waals surface area (Å²) in [6, 6.07) is 8.25.